The summed E-state index contributed by atoms with van der Waals surface area (Å²) in [5, 5.41) is 2.92. The van der Waals surface area contributed by atoms with Crippen molar-refractivity contribution >= 4 is 27.5 Å². The Hall–Kier alpha value is -3.79. The topological polar surface area (TPSA) is 86.8 Å². The van der Waals surface area contributed by atoms with Crippen LogP contribution >= 0.6 is 0 Å². The minimum Gasteiger partial charge on any atom is -0.354 e. The van der Waals surface area contributed by atoms with E-state index in [9.17, 15) is 26.8 Å². The summed E-state index contributed by atoms with van der Waals surface area (Å²) in [6, 6.07) is 19.5. The zero-order chi connectivity index (χ0) is 29.8. The van der Waals surface area contributed by atoms with Gasteiger partial charge in [0.1, 0.15) is 17.7 Å². The molecule has 0 bridgehead atoms. The van der Waals surface area contributed by atoms with Gasteiger partial charge in [-0.15, -0.1) is 0 Å². The predicted molar refractivity (Wildman–Crippen MR) is 157 cm³/mol. The van der Waals surface area contributed by atoms with Gasteiger partial charge < -0.3 is 10.2 Å². The van der Waals surface area contributed by atoms with Gasteiger partial charge in [0.05, 0.1) is 11.9 Å². The maximum Gasteiger partial charge on any atom is 0.243 e. The van der Waals surface area contributed by atoms with Crippen molar-refractivity contribution in [3.8, 4) is 0 Å². The number of carbonyl (C=O) groups excluding carboxylic acids is 2. The molecular formula is C31H37F2N3O4S. The summed E-state index contributed by atoms with van der Waals surface area (Å²) < 4.78 is 54.2. The highest BCUT2D eigenvalue weighted by Gasteiger charge is 2.31. The van der Waals surface area contributed by atoms with Crippen molar-refractivity contribution in [1.29, 1.82) is 0 Å². The molecule has 1 N–H and O–H groups in total. The highest BCUT2D eigenvalue weighted by atomic mass is 32.2. The van der Waals surface area contributed by atoms with E-state index >= 15 is 0 Å². The molecule has 220 valence electrons. The van der Waals surface area contributed by atoms with Crippen molar-refractivity contribution in [3.05, 3.63) is 102 Å². The maximum absolute atomic E-state index is 14.7. The smallest absolute Gasteiger partial charge is 0.243 e. The van der Waals surface area contributed by atoms with E-state index < -0.39 is 33.6 Å². The van der Waals surface area contributed by atoms with Crippen LogP contribution in [0.15, 0.2) is 78.9 Å². The second-order valence-electron chi connectivity index (χ2n) is 9.88. The molecule has 2 amide bonds. The molecule has 41 heavy (non-hydrogen) atoms. The van der Waals surface area contributed by atoms with Crippen LogP contribution in [-0.4, -0.2) is 50.5 Å². The maximum atomic E-state index is 14.7. The lowest BCUT2D eigenvalue weighted by Crippen LogP contribution is -2.50. The Morgan fingerprint density at radius 1 is 0.902 bits per heavy atom. The number of halogens is 2. The van der Waals surface area contributed by atoms with Crippen LogP contribution in [0.1, 0.15) is 43.7 Å². The molecule has 0 radical (unpaired) electrons. The average molecular weight is 586 g/mol. The number of unbranched alkanes of at least 4 members (excludes halogenated alkanes) is 1. The van der Waals surface area contributed by atoms with E-state index in [1.54, 1.807) is 18.2 Å². The molecule has 0 aliphatic carbocycles. The molecule has 1 atom stereocenters. The fourth-order valence-corrected chi connectivity index (χ4v) is 5.45. The van der Waals surface area contributed by atoms with Crippen LogP contribution in [0.2, 0.25) is 0 Å². The van der Waals surface area contributed by atoms with E-state index in [-0.39, 0.29) is 49.5 Å². The Morgan fingerprint density at radius 3 is 2.20 bits per heavy atom. The van der Waals surface area contributed by atoms with Gasteiger partial charge in [0, 0.05) is 38.0 Å². The molecule has 3 aromatic rings. The van der Waals surface area contributed by atoms with Gasteiger partial charge in [-0.1, -0.05) is 61.9 Å². The van der Waals surface area contributed by atoms with Gasteiger partial charge in [-0.05, 0) is 48.7 Å². The van der Waals surface area contributed by atoms with Crippen LogP contribution < -0.4 is 9.62 Å². The van der Waals surface area contributed by atoms with Crippen molar-refractivity contribution in [2.75, 3.05) is 23.7 Å². The highest BCUT2D eigenvalue weighted by Crippen LogP contribution is 2.21. The molecule has 10 heteroatoms. The number of nitrogens with one attached hydrogen (secondary N) is 1. The standard InChI is InChI=1S/C31H37F2N3O4S/c1-3-4-20-34-31(38)29(22-24-11-6-5-7-12-24)35(23-25-13-8-9-14-28(25)33)30(37)15-10-21-36(41(2,39)40)27-18-16-26(32)17-19-27/h5-9,11-14,16-19,29H,3-4,10,15,20-23H2,1-2H3,(H,34,38). The number of anilines is 1. The molecule has 0 saturated carbocycles. The quantitative estimate of drug-likeness (QED) is 0.253. The van der Waals surface area contributed by atoms with Gasteiger partial charge in [-0.2, -0.15) is 0 Å². The number of hydrogen-bond acceptors (Lipinski definition) is 4. The molecule has 0 fully saturated rings. The number of benzene rings is 3. The summed E-state index contributed by atoms with van der Waals surface area (Å²) in [5.41, 5.74) is 1.39. The van der Waals surface area contributed by atoms with Gasteiger partial charge >= 0.3 is 0 Å². The Kier molecular flexibility index (Phi) is 11.8. The van der Waals surface area contributed by atoms with E-state index in [2.05, 4.69) is 5.32 Å². The molecule has 0 spiro atoms. The van der Waals surface area contributed by atoms with E-state index in [0.717, 1.165) is 29.0 Å². The van der Waals surface area contributed by atoms with E-state index in [0.29, 0.717) is 6.54 Å². The lowest BCUT2D eigenvalue weighted by Gasteiger charge is -2.32. The predicted octanol–water partition coefficient (Wildman–Crippen LogP) is 5.07. The van der Waals surface area contributed by atoms with Crippen LogP contribution in [0.25, 0.3) is 0 Å². The molecular weight excluding hydrogens is 548 g/mol. The lowest BCUT2D eigenvalue weighted by molar-refractivity contribution is -0.141. The molecule has 0 aromatic heterocycles. The van der Waals surface area contributed by atoms with Crippen LogP contribution in [0.4, 0.5) is 14.5 Å². The first-order valence-electron chi connectivity index (χ1n) is 13.7. The fourth-order valence-electron chi connectivity index (χ4n) is 4.48. The van der Waals surface area contributed by atoms with Crippen molar-refractivity contribution in [2.45, 2.75) is 51.6 Å². The molecule has 7 nitrogen and oxygen atoms in total. The van der Waals surface area contributed by atoms with Gasteiger partial charge in [-0.3, -0.25) is 13.9 Å². The van der Waals surface area contributed by atoms with E-state index in [1.165, 1.54) is 35.2 Å². The lowest BCUT2D eigenvalue weighted by atomic mass is 10.0. The van der Waals surface area contributed by atoms with Gasteiger partial charge in [0.2, 0.25) is 21.8 Å². The number of hydrogen-bond donors (Lipinski definition) is 1. The summed E-state index contributed by atoms with van der Waals surface area (Å²) in [7, 11) is -3.71. The zero-order valence-electron chi connectivity index (χ0n) is 23.4. The van der Waals surface area contributed by atoms with Crippen molar-refractivity contribution in [3.63, 3.8) is 0 Å². The summed E-state index contributed by atoms with van der Waals surface area (Å²) >= 11 is 0. The van der Waals surface area contributed by atoms with Crippen LogP contribution in [-0.2, 0) is 32.6 Å². The zero-order valence-corrected chi connectivity index (χ0v) is 24.2. The molecule has 0 aliphatic rings. The third-order valence-corrected chi connectivity index (χ3v) is 7.86. The van der Waals surface area contributed by atoms with Crippen molar-refractivity contribution < 1.29 is 26.8 Å². The molecule has 3 aromatic carbocycles. The Labute approximate surface area is 241 Å². The SMILES string of the molecule is CCCCNC(=O)C(Cc1ccccc1)N(Cc1ccccc1F)C(=O)CCCN(c1ccc(F)cc1)S(C)(=O)=O. The summed E-state index contributed by atoms with van der Waals surface area (Å²) in [6.07, 6.45) is 2.97. The fraction of sp³-hybridized carbons (Fsp3) is 0.355. The first-order chi connectivity index (χ1) is 19.6. The van der Waals surface area contributed by atoms with E-state index in [1.807, 2.05) is 37.3 Å². The summed E-state index contributed by atoms with van der Waals surface area (Å²) in [5.74, 6) is -1.74. The first-order valence-corrected chi connectivity index (χ1v) is 15.5. The van der Waals surface area contributed by atoms with Crippen LogP contribution in [0.3, 0.4) is 0 Å². The van der Waals surface area contributed by atoms with E-state index in [4.69, 9.17) is 0 Å². The first kappa shape index (κ1) is 31.7. The molecule has 0 heterocycles. The Bertz CT molecular complexity index is 1390. The second-order valence-corrected chi connectivity index (χ2v) is 11.8. The number of sulfonamides is 1. The number of amides is 2. The van der Waals surface area contributed by atoms with Crippen molar-refractivity contribution in [2.24, 2.45) is 0 Å². The summed E-state index contributed by atoms with van der Waals surface area (Å²) in [6.45, 7) is 2.30. The summed E-state index contributed by atoms with van der Waals surface area (Å²) in [4.78, 5) is 28.6. The third-order valence-electron chi connectivity index (χ3n) is 6.67. The average Bonchev–Trinajstić information content (AvgIpc) is 2.94. The molecule has 1 unspecified atom stereocenters. The minimum atomic E-state index is -3.71. The van der Waals surface area contributed by atoms with Gasteiger partial charge in [-0.25, -0.2) is 17.2 Å². The highest BCUT2D eigenvalue weighted by molar-refractivity contribution is 7.92. The number of nitrogens with zero attached hydrogens (tertiary/aromatic N) is 2. The second kappa shape index (κ2) is 15.3. The van der Waals surface area contributed by atoms with Crippen LogP contribution in [0, 0.1) is 11.6 Å². The monoisotopic (exact) mass is 585 g/mol. The third kappa shape index (κ3) is 9.67. The number of rotatable bonds is 15. The molecule has 3 rings (SSSR count). The van der Waals surface area contributed by atoms with Gasteiger partial charge in [0.15, 0.2) is 0 Å². The van der Waals surface area contributed by atoms with Gasteiger partial charge in [0.25, 0.3) is 0 Å². The normalized spacial score (nSPS) is 12.0. The number of carbonyl (C=O) groups is 2. The largest absolute Gasteiger partial charge is 0.354 e. The Morgan fingerprint density at radius 2 is 1.56 bits per heavy atom. The Balaban J connectivity index is 1.87. The van der Waals surface area contributed by atoms with Crippen LogP contribution in [0.5, 0.6) is 0 Å². The minimum absolute atomic E-state index is 0.0320. The van der Waals surface area contributed by atoms with Crippen molar-refractivity contribution in [1.82, 2.24) is 10.2 Å². The molecule has 0 aliphatic heterocycles. The molecule has 0 saturated heterocycles.